The van der Waals surface area contributed by atoms with Crippen molar-refractivity contribution in [3.63, 3.8) is 0 Å². The first-order valence-corrected chi connectivity index (χ1v) is 13.4. The van der Waals surface area contributed by atoms with Crippen molar-refractivity contribution in [1.29, 1.82) is 5.26 Å². The summed E-state index contributed by atoms with van der Waals surface area (Å²) in [5, 5.41) is 15.6. The first kappa shape index (κ1) is 30.1. The monoisotopic (exact) mass is 512 g/mol. The van der Waals surface area contributed by atoms with Crippen molar-refractivity contribution in [2.45, 2.75) is 111 Å². The second-order valence-electron chi connectivity index (χ2n) is 11.2. The molecule has 3 atom stereocenters. The highest BCUT2D eigenvalue weighted by atomic mass is 16.6. The number of amides is 3. The molecule has 2 N–H and O–H groups in total. The summed E-state index contributed by atoms with van der Waals surface area (Å²) in [6.45, 7) is 12.6. The summed E-state index contributed by atoms with van der Waals surface area (Å²) in [6, 6.07) is 5.89. The number of benzene rings is 1. The Balaban J connectivity index is 2.52. The molecule has 1 aromatic carbocycles. The number of nitriles is 1. The fourth-order valence-electron chi connectivity index (χ4n) is 4.88. The summed E-state index contributed by atoms with van der Waals surface area (Å²) in [5.41, 5.74) is 1.69. The van der Waals surface area contributed by atoms with Gasteiger partial charge in [-0.3, -0.25) is 9.59 Å². The molecule has 1 aliphatic carbocycles. The van der Waals surface area contributed by atoms with E-state index in [4.69, 9.17) is 4.74 Å². The smallest absolute Gasteiger partial charge is 0.408 e. The summed E-state index contributed by atoms with van der Waals surface area (Å²) in [4.78, 5) is 42.0. The number of rotatable bonds is 9. The van der Waals surface area contributed by atoms with Crippen molar-refractivity contribution < 1.29 is 19.1 Å². The summed E-state index contributed by atoms with van der Waals surface area (Å²) in [6.07, 6.45) is 4.94. The first-order valence-electron chi connectivity index (χ1n) is 13.4. The van der Waals surface area contributed by atoms with Crippen molar-refractivity contribution >= 4 is 17.9 Å². The first-order chi connectivity index (χ1) is 17.4. The third kappa shape index (κ3) is 8.48. The molecule has 0 saturated heterocycles. The lowest BCUT2D eigenvalue weighted by Crippen LogP contribution is -2.56. The maximum atomic E-state index is 14.1. The quantitative estimate of drug-likeness (QED) is 0.448. The van der Waals surface area contributed by atoms with Gasteiger partial charge in [-0.15, -0.1) is 0 Å². The molecule has 1 fully saturated rings. The molecule has 3 amide bonds. The summed E-state index contributed by atoms with van der Waals surface area (Å²) >= 11 is 0. The van der Waals surface area contributed by atoms with E-state index in [2.05, 4.69) is 16.7 Å². The van der Waals surface area contributed by atoms with Crippen LogP contribution in [0.15, 0.2) is 18.2 Å². The highest BCUT2D eigenvalue weighted by Crippen LogP contribution is 2.30. The lowest BCUT2D eigenvalue weighted by atomic mass is 9.91. The maximum Gasteiger partial charge on any atom is 0.408 e. The summed E-state index contributed by atoms with van der Waals surface area (Å²) in [7, 11) is 0. The van der Waals surface area contributed by atoms with Gasteiger partial charge in [-0.1, -0.05) is 57.7 Å². The molecule has 1 aliphatic rings. The number of nitrogens with one attached hydrogen (secondary N) is 2. The number of carbonyl (C=O) groups is 3. The molecule has 0 aliphatic heterocycles. The molecule has 2 rings (SSSR count). The lowest BCUT2D eigenvalue weighted by molar-refractivity contribution is -0.143. The van der Waals surface area contributed by atoms with Gasteiger partial charge >= 0.3 is 6.09 Å². The Hall–Kier alpha value is -3.08. The molecule has 0 spiro atoms. The van der Waals surface area contributed by atoms with Gasteiger partial charge in [-0.05, 0) is 70.1 Å². The van der Waals surface area contributed by atoms with E-state index in [0.717, 1.165) is 43.2 Å². The normalized spacial score (nSPS) is 16.6. The van der Waals surface area contributed by atoms with Crippen LogP contribution in [-0.4, -0.2) is 47.0 Å². The topological polar surface area (TPSA) is 112 Å². The second-order valence-corrected chi connectivity index (χ2v) is 11.2. The minimum Gasteiger partial charge on any atom is -0.444 e. The van der Waals surface area contributed by atoms with Crippen molar-refractivity contribution in [1.82, 2.24) is 15.5 Å². The van der Waals surface area contributed by atoms with Crippen LogP contribution in [0.4, 0.5) is 4.79 Å². The van der Waals surface area contributed by atoms with Gasteiger partial charge in [0.1, 0.15) is 24.2 Å². The Morgan fingerprint density at radius 3 is 2.24 bits per heavy atom. The second kappa shape index (κ2) is 13.5. The van der Waals surface area contributed by atoms with Crippen LogP contribution < -0.4 is 10.6 Å². The number of alkyl carbamates (subject to hydrolysis) is 1. The predicted molar refractivity (Wildman–Crippen MR) is 144 cm³/mol. The van der Waals surface area contributed by atoms with Crippen molar-refractivity contribution in [3.8, 4) is 6.07 Å². The minimum atomic E-state index is -0.998. The number of aryl methyl sites for hydroxylation is 2. The molecule has 8 nitrogen and oxygen atoms in total. The van der Waals surface area contributed by atoms with Crippen LogP contribution in [0.3, 0.4) is 0 Å². The van der Waals surface area contributed by atoms with Crippen molar-refractivity contribution in [3.05, 3.63) is 34.9 Å². The van der Waals surface area contributed by atoms with E-state index in [-0.39, 0.29) is 24.4 Å². The molecule has 0 bridgehead atoms. The molecule has 0 radical (unpaired) electrons. The molecule has 3 unspecified atom stereocenters. The summed E-state index contributed by atoms with van der Waals surface area (Å²) < 4.78 is 5.42. The van der Waals surface area contributed by atoms with E-state index in [9.17, 15) is 19.6 Å². The van der Waals surface area contributed by atoms with Crippen LogP contribution in [0, 0.1) is 31.1 Å². The third-order valence-electron chi connectivity index (χ3n) is 7.00. The van der Waals surface area contributed by atoms with Gasteiger partial charge in [-0.25, -0.2) is 4.79 Å². The van der Waals surface area contributed by atoms with Crippen LogP contribution in [-0.2, 0) is 14.3 Å². The SMILES string of the molecule is CCC(C)C(NC(=O)OC(C)(C)C)C(=O)N(CC#N)C(C(=O)NC1CCCCC1)c1c(C)cccc1C. The Labute approximate surface area is 222 Å². The number of hydrogen-bond donors (Lipinski definition) is 2. The Morgan fingerprint density at radius 1 is 1.14 bits per heavy atom. The highest BCUT2D eigenvalue weighted by Gasteiger charge is 2.39. The van der Waals surface area contributed by atoms with Gasteiger partial charge in [0, 0.05) is 6.04 Å². The number of nitrogens with zero attached hydrogens (tertiary/aromatic N) is 2. The van der Waals surface area contributed by atoms with Crippen molar-refractivity contribution in [2.75, 3.05) is 6.54 Å². The average Bonchev–Trinajstić information content (AvgIpc) is 2.82. The molecule has 0 heterocycles. The largest absolute Gasteiger partial charge is 0.444 e. The van der Waals surface area contributed by atoms with Gasteiger partial charge in [-0.2, -0.15) is 5.26 Å². The lowest BCUT2D eigenvalue weighted by Gasteiger charge is -2.36. The van der Waals surface area contributed by atoms with Gasteiger partial charge in [0.25, 0.3) is 0 Å². The average molecular weight is 513 g/mol. The molecular weight excluding hydrogens is 468 g/mol. The molecule has 1 aromatic rings. The van der Waals surface area contributed by atoms with E-state index < -0.39 is 29.7 Å². The van der Waals surface area contributed by atoms with Crippen LogP contribution >= 0.6 is 0 Å². The standard InChI is InChI=1S/C29H44N4O4/c1-8-19(2)24(32-28(36)37-29(5,6)7)27(35)33(18-17-30)25(23-20(3)13-12-14-21(23)4)26(34)31-22-15-10-9-11-16-22/h12-14,19,22,24-25H,8-11,15-16,18H2,1-7H3,(H,31,34)(H,32,36). The van der Waals surface area contributed by atoms with Crippen molar-refractivity contribution in [2.24, 2.45) is 5.92 Å². The van der Waals surface area contributed by atoms with E-state index in [1.54, 1.807) is 20.8 Å². The molecule has 8 heteroatoms. The van der Waals surface area contributed by atoms with Gasteiger partial charge in [0.15, 0.2) is 0 Å². The molecule has 1 saturated carbocycles. The Morgan fingerprint density at radius 2 is 1.73 bits per heavy atom. The number of ether oxygens (including phenoxy) is 1. The fourth-order valence-corrected chi connectivity index (χ4v) is 4.88. The highest BCUT2D eigenvalue weighted by molar-refractivity contribution is 5.93. The zero-order valence-electron chi connectivity index (χ0n) is 23.5. The predicted octanol–water partition coefficient (Wildman–Crippen LogP) is 5.09. The Kier molecular flexibility index (Phi) is 11.0. The van der Waals surface area contributed by atoms with E-state index in [1.165, 1.54) is 4.90 Å². The van der Waals surface area contributed by atoms with E-state index in [0.29, 0.717) is 12.0 Å². The molecule has 0 aromatic heterocycles. The Bertz CT molecular complexity index is 968. The van der Waals surface area contributed by atoms with Gasteiger partial charge in [0.05, 0.1) is 6.07 Å². The molecule has 204 valence electrons. The van der Waals surface area contributed by atoms with Gasteiger partial charge in [0.2, 0.25) is 11.8 Å². The number of hydrogen-bond acceptors (Lipinski definition) is 5. The molecule has 37 heavy (non-hydrogen) atoms. The molecular formula is C29H44N4O4. The van der Waals surface area contributed by atoms with Crippen LogP contribution in [0.2, 0.25) is 0 Å². The van der Waals surface area contributed by atoms with E-state index in [1.807, 2.05) is 45.9 Å². The number of carbonyl (C=O) groups excluding carboxylic acids is 3. The minimum absolute atomic E-state index is 0.0392. The third-order valence-corrected chi connectivity index (χ3v) is 7.00. The zero-order valence-corrected chi connectivity index (χ0v) is 23.5. The zero-order chi connectivity index (χ0) is 27.8. The van der Waals surface area contributed by atoms with Crippen LogP contribution in [0.5, 0.6) is 0 Å². The van der Waals surface area contributed by atoms with Crippen LogP contribution in [0.25, 0.3) is 0 Å². The fraction of sp³-hybridized carbons (Fsp3) is 0.655. The summed E-state index contributed by atoms with van der Waals surface area (Å²) in [5.74, 6) is -1.03. The van der Waals surface area contributed by atoms with Gasteiger partial charge < -0.3 is 20.3 Å². The van der Waals surface area contributed by atoms with Crippen LogP contribution in [0.1, 0.15) is 95.9 Å². The van der Waals surface area contributed by atoms with E-state index >= 15 is 0 Å². The maximum absolute atomic E-state index is 14.1.